The maximum absolute atomic E-state index is 12.7. The Morgan fingerprint density at radius 1 is 1.27 bits per heavy atom. The maximum atomic E-state index is 12.7. The molecule has 0 radical (unpaired) electrons. The first kappa shape index (κ1) is 20.2. The molecular weight excluding hydrogens is 396 g/mol. The molecule has 1 N–H and O–H groups in total. The Labute approximate surface area is 179 Å². The number of rotatable bonds is 5. The number of amides is 1. The lowest BCUT2D eigenvalue weighted by Gasteiger charge is -2.14. The second-order valence-corrected chi connectivity index (χ2v) is 8.39. The number of aromatic nitrogens is 1. The quantitative estimate of drug-likeness (QED) is 0.379. The SMILES string of the molecule is CCOc1c(/C(C)=C/C(=O)Nc2nc3c(C)cccc3s2)cc2c(C)coc2c1C. The molecule has 0 aliphatic rings. The predicted octanol–water partition coefficient (Wildman–Crippen LogP) is 6.41. The van der Waals surface area contributed by atoms with Crippen molar-refractivity contribution in [3.8, 4) is 5.75 Å². The van der Waals surface area contributed by atoms with Crippen LogP contribution >= 0.6 is 11.3 Å². The van der Waals surface area contributed by atoms with Crippen LogP contribution in [0.25, 0.3) is 26.8 Å². The fraction of sp³-hybridized carbons (Fsp3) is 0.250. The largest absolute Gasteiger partial charge is 0.493 e. The molecule has 4 rings (SSSR count). The average Bonchev–Trinajstić information content (AvgIpc) is 3.28. The number of hydrogen-bond donors (Lipinski definition) is 1. The van der Waals surface area contributed by atoms with Crippen LogP contribution in [0, 0.1) is 20.8 Å². The molecule has 0 aliphatic heterocycles. The lowest BCUT2D eigenvalue weighted by molar-refractivity contribution is -0.111. The van der Waals surface area contributed by atoms with Gasteiger partial charge in [-0.1, -0.05) is 23.5 Å². The number of nitrogens with zero attached hydrogens (tertiary/aromatic N) is 1. The minimum atomic E-state index is -0.215. The van der Waals surface area contributed by atoms with E-state index in [1.54, 1.807) is 12.3 Å². The molecule has 154 valence electrons. The van der Waals surface area contributed by atoms with Gasteiger partial charge in [-0.05, 0) is 63.5 Å². The van der Waals surface area contributed by atoms with Crippen LogP contribution in [0.2, 0.25) is 0 Å². The monoisotopic (exact) mass is 420 g/mol. The molecule has 0 fully saturated rings. The fourth-order valence-electron chi connectivity index (χ4n) is 3.62. The summed E-state index contributed by atoms with van der Waals surface area (Å²) in [5, 5.41) is 4.52. The van der Waals surface area contributed by atoms with E-state index in [-0.39, 0.29) is 5.91 Å². The molecule has 0 aliphatic carbocycles. The highest BCUT2D eigenvalue weighted by Crippen LogP contribution is 2.37. The molecule has 30 heavy (non-hydrogen) atoms. The summed E-state index contributed by atoms with van der Waals surface area (Å²) in [5.74, 6) is 0.532. The zero-order valence-corrected chi connectivity index (χ0v) is 18.6. The van der Waals surface area contributed by atoms with Crippen LogP contribution < -0.4 is 10.1 Å². The number of furan rings is 1. The first-order valence-corrected chi connectivity index (χ1v) is 10.7. The van der Waals surface area contributed by atoms with E-state index in [9.17, 15) is 4.79 Å². The Morgan fingerprint density at radius 2 is 2.07 bits per heavy atom. The number of carbonyl (C=O) groups is 1. The van der Waals surface area contributed by atoms with Crippen LogP contribution in [0.5, 0.6) is 5.75 Å². The summed E-state index contributed by atoms with van der Waals surface area (Å²) >= 11 is 1.47. The standard InChI is InChI=1S/C24H24N2O3S/c1-6-28-22-16(5)23-18(15(4)12-29-23)11-17(22)14(3)10-20(27)25-24-26-21-13(2)8-7-9-19(21)30-24/h7-12H,6H2,1-5H3,(H,25,26,27)/b14-10+. The molecule has 0 saturated heterocycles. The van der Waals surface area contributed by atoms with Crippen LogP contribution in [-0.2, 0) is 4.79 Å². The fourth-order valence-corrected chi connectivity index (χ4v) is 4.56. The van der Waals surface area contributed by atoms with Gasteiger partial charge in [0.2, 0.25) is 5.91 Å². The van der Waals surface area contributed by atoms with Crippen molar-refractivity contribution in [1.82, 2.24) is 4.98 Å². The smallest absolute Gasteiger partial charge is 0.250 e. The van der Waals surface area contributed by atoms with Crippen molar-refractivity contribution in [2.75, 3.05) is 11.9 Å². The van der Waals surface area contributed by atoms with Crippen LogP contribution in [-0.4, -0.2) is 17.5 Å². The number of thiazole rings is 1. The zero-order chi connectivity index (χ0) is 21.4. The second kappa shape index (κ2) is 7.95. The van der Waals surface area contributed by atoms with Crippen molar-refractivity contribution in [2.45, 2.75) is 34.6 Å². The van der Waals surface area contributed by atoms with E-state index in [1.807, 2.05) is 58.9 Å². The van der Waals surface area contributed by atoms with Gasteiger partial charge in [0.1, 0.15) is 11.3 Å². The predicted molar refractivity (Wildman–Crippen MR) is 123 cm³/mol. The third-order valence-corrected chi connectivity index (χ3v) is 6.09. The Morgan fingerprint density at radius 3 is 2.80 bits per heavy atom. The van der Waals surface area contributed by atoms with Crippen molar-refractivity contribution in [1.29, 1.82) is 0 Å². The third kappa shape index (κ3) is 3.59. The third-order valence-electron chi connectivity index (χ3n) is 5.15. The lowest BCUT2D eigenvalue weighted by Crippen LogP contribution is -2.08. The van der Waals surface area contributed by atoms with Gasteiger partial charge in [0.05, 0.1) is 23.1 Å². The van der Waals surface area contributed by atoms with Crippen LogP contribution in [0.15, 0.2) is 41.0 Å². The molecule has 6 heteroatoms. The van der Waals surface area contributed by atoms with Gasteiger partial charge in [-0.3, -0.25) is 10.1 Å². The number of nitrogens with one attached hydrogen (secondary N) is 1. The number of para-hydroxylation sites is 1. The highest BCUT2D eigenvalue weighted by Gasteiger charge is 2.17. The Hall–Kier alpha value is -3.12. The van der Waals surface area contributed by atoms with Crippen molar-refractivity contribution < 1.29 is 13.9 Å². The van der Waals surface area contributed by atoms with Crippen molar-refractivity contribution >= 4 is 49.1 Å². The molecule has 2 heterocycles. The molecule has 2 aromatic carbocycles. The first-order chi connectivity index (χ1) is 14.4. The van der Waals surface area contributed by atoms with E-state index < -0.39 is 0 Å². The van der Waals surface area contributed by atoms with E-state index in [2.05, 4.69) is 10.3 Å². The van der Waals surface area contributed by atoms with E-state index in [1.165, 1.54) is 11.3 Å². The van der Waals surface area contributed by atoms with Crippen molar-refractivity contribution in [2.24, 2.45) is 0 Å². The van der Waals surface area contributed by atoms with Gasteiger partial charge in [-0.25, -0.2) is 4.98 Å². The number of benzene rings is 2. The van der Waals surface area contributed by atoms with Gasteiger partial charge in [0, 0.05) is 22.6 Å². The lowest BCUT2D eigenvalue weighted by atomic mass is 9.98. The number of fused-ring (bicyclic) bond motifs is 2. The molecule has 0 unspecified atom stereocenters. The number of aryl methyl sites for hydroxylation is 3. The van der Waals surface area contributed by atoms with Crippen molar-refractivity contribution in [3.63, 3.8) is 0 Å². The number of allylic oxidation sites excluding steroid dienone is 1. The molecule has 2 aromatic heterocycles. The Balaban J connectivity index is 1.68. The van der Waals surface area contributed by atoms with Gasteiger partial charge >= 0.3 is 0 Å². The van der Waals surface area contributed by atoms with Crippen LogP contribution in [0.1, 0.15) is 36.1 Å². The average molecular weight is 421 g/mol. The molecule has 1 amide bonds. The molecule has 4 aromatic rings. The Kier molecular flexibility index (Phi) is 5.35. The molecular formula is C24H24N2O3S. The molecule has 0 atom stereocenters. The molecule has 5 nitrogen and oxygen atoms in total. The van der Waals surface area contributed by atoms with E-state index in [0.29, 0.717) is 11.7 Å². The normalized spacial score (nSPS) is 12.0. The highest BCUT2D eigenvalue weighted by atomic mass is 32.1. The molecule has 0 bridgehead atoms. The van der Waals surface area contributed by atoms with Gasteiger partial charge in [0.15, 0.2) is 5.13 Å². The highest BCUT2D eigenvalue weighted by molar-refractivity contribution is 7.22. The van der Waals surface area contributed by atoms with Gasteiger partial charge in [-0.15, -0.1) is 0 Å². The van der Waals surface area contributed by atoms with E-state index in [0.717, 1.165) is 54.8 Å². The number of ether oxygens (including phenoxy) is 1. The summed E-state index contributed by atoms with van der Waals surface area (Å²) in [6.45, 7) is 10.4. The van der Waals surface area contributed by atoms with Gasteiger partial charge < -0.3 is 9.15 Å². The van der Waals surface area contributed by atoms with E-state index in [4.69, 9.17) is 9.15 Å². The summed E-state index contributed by atoms with van der Waals surface area (Å²) in [6.07, 6.45) is 3.34. The summed E-state index contributed by atoms with van der Waals surface area (Å²) in [6, 6.07) is 8.06. The summed E-state index contributed by atoms with van der Waals surface area (Å²) < 4.78 is 12.7. The summed E-state index contributed by atoms with van der Waals surface area (Å²) in [5.41, 5.74) is 6.54. The summed E-state index contributed by atoms with van der Waals surface area (Å²) in [4.78, 5) is 17.3. The van der Waals surface area contributed by atoms with Gasteiger partial charge in [0.25, 0.3) is 0 Å². The number of anilines is 1. The zero-order valence-electron chi connectivity index (χ0n) is 17.8. The first-order valence-electron chi connectivity index (χ1n) is 9.89. The maximum Gasteiger partial charge on any atom is 0.250 e. The summed E-state index contributed by atoms with van der Waals surface area (Å²) in [7, 11) is 0. The molecule has 0 saturated carbocycles. The minimum Gasteiger partial charge on any atom is -0.493 e. The van der Waals surface area contributed by atoms with Crippen LogP contribution in [0.4, 0.5) is 5.13 Å². The van der Waals surface area contributed by atoms with Gasteiger partial charge in [-0.2, -0.15) is 0 Å². The van der Waals surface area contributed by atoms with Crippen molar-refractivity contribution in [3.05, 3.63) is 58.9 Å². The van der Waals surface area contributed by atoms with E-state index >= 15 is 0 Å². The molecule has 0 spiro atoms. The second-order valence-electron chi connectivity index (χ2n) is 7.36. The Bertz CT molecular complexity index is 1300. The minimum absolute atomic E-state index is 0.215. The topological polar surface area (TPSA) is 64.4 Å². The number of hydrogen-bond acceptors (Lipinski definition) is 5. The van der Waals surface area contributed by atoms with Crippen LogP contribution in [0.3, 0.4) is 0 Å². The number of carbonyl (C=O) groups excluding carboxylic acids is 1.